The summed E-state index contributed by atoms with van der Waals surface area (Å²) >= 11 is 0. The number of fused-ring (bicyclic) bond motifs is 1. The number of para-hydroxylation sites is 1. The zero-order valence-corrected chi connectivity index (χ0v) is 14.2. The first-order valence-corrected chi connectivity index (χ1v) is 8.16. The second-order valence-electron chi connectivity index (χ2n) is 6.25. The van der Waals surface area contributed by atoms with Crippen molar-refractivity contribution in [1.29, 1.82) is 0 Å². The highest BCUT2D eigenvalue weighted by Crippen LogP contribution is 2.32. The number of ether oxygens (including phenoxy) is 1. The Morgan fingerprint density at radius 1 is 1.12 bits per heavy atom. The molecule has 0 N–H and O–H groups in total. The van der Waals surface area contributed by atoms with Crippen LogP contribution in [0.1, 0.15) is 35.3 Å². The highest BCUT2D eigenvalue weighted by molar-refractivity contribution is 6.01. The average Bonchev–Trinajstić information content (AvgIpc) is 2.90. The minimum Gasteiger partial charge on any atom is -0.449 e. The van der Waals surface area contributed by atoms with Crippen molar-refractivity contribution in [3.63, 3.8) is 0 Å². The fourth-order valence-corrected chi connectivity index (χ4v) is 3.17. The van der Waals surface area contributed by atoms with Gasteiger partial charge in [-0.25, -0.2) is 4.79 Å². The second-order valence-corrected chi connectivity index (χ2v) is 6.25. The Labute approximate surface area is 142 Å². The molecule has 124 valence electrons. The van der Waals surface area contributed by atoms with E-state index in [0.717, 1.165) is 23.2 Å². The number of hydrogen-bond donors (Lipinski definition) is 0. The smallest absolute Gasteiger partial charge is 0.339 e. The lowest BCUT2D eigenvalue weighted by Gasteiger charge is -2.26. The molecule has 2 aromatic rings. The molecule has 0 radical (unpaired) electrons. The number of nitrogens with zero attached hydrogens (tertiary/aromatic N) is 1. The van der Waals surface area contributed by atoms with E-state index < -0.39 is 12.1 Å². The number of aryl methyl sites for hydroxylation is 1. The fourth-order valence-electron chi connectivity index (χ4n) is 3.17. The molecule has 0 saturated carbocycles. The van der Waals surface area contributed by atoms with Gasteiger partial charge < -0.3 is 9.64 Å². The monoisotopic (exact) mass is 323 g/mol. The van der Waals surface area contributed by atoms with Crippen molar-refractivity contribution in [3.8, 4) is 0 Å². The van der Waals surface area contributed by atoms with Crippen LogP contribution in [0.4, 0.5) is 5.69 Å². The van der Waals surface area contributed by atoms with Crippen molar-refractivity contribution in [2.45, 2.75) is 39.3 Å². The molecule has 2 aromatic carbocycles. The lowest BCUT2D eigenvalue weighted by molar-refractivity contribution is -0.126. The molecule has 0 unspecified atom stereocenters. The lowest BCUT2D eigenvalue weighted by atomic mass is 10.1. The third-order valence-electron chi connectivity index (χ3n) is 4.44. The van der Waals surface area contributed by atoms with Gasteiger partial charge in [-0.1, -0.05) is 36.4 Å². The van der Waals surface area contributed by atoms with E-state index in [-0.39, 0.29) is 11.9 Å². The fraction of sp³-hybridized carbons (Fsp3) is 0.300. The van der Waals surface area contributed by atoms with Crippen LogP contribution in [0, 0.1) is 6.92 Å². The van der Waals surface area contributed by atoms with E-state index >= 15 is 0 Å². The normalized spacial score (nSPS) is 17.3. The maximum atomic E-state index is 12.8. The maximum Gasteiger partial charge on any atom is 0.339 e. The van der Waals surface area contributed by atoms with Crippen LogP contribution in [0.15, 0.2) is 48.5 Å². The van der Waals surface area contributed by atoms with Gasteiger partial charge in [-0.05, 0) is 50.5 Å². The zero-order chi connectivity index (χ0) is 17.3. The Hall–Kier alpha value is -2.62. The van der Waals surface area contributed by atoms with Crippen LogP contribution < -0.4 is 4.90 Å². The van der Waals surface area contributed by atoms with Gasteiger partial charge in [0.15, 0.2) is 6.10 Å². The molecule has 3 rings (SSSR count). The summed E-state index contributed by atoms with van der Waals surface area (Å²) < 4.78 is 5.42. The first-order valence-electron chi connectivity index (χ1n) is 8.16. The number of benzene rings is 2. The molecule has 0 spiro atoms. The van der Waals surface area contributed by atoms with Crippen molar-refractivity contribution in [3.05, 3.63) is 65.2 Å². The molecule has 0 saturated heterocycles. The highest BCUT2D eigenvalue weighted by atomic mass is 16.5. The molecule has 0 bridgehead atoms. The van der Waals surface area contributed by atoms with Crippen molar-refractivity contribution in [2.75, 3.05) is 4.90 Å². The topological polar surface area (TPSA) is 46.6 Å². The van der Waals surface area contributed by atoms with E-state index in [4.69, 9.17) is 4.74 Å². The molecule has 1 amide bonds. The number of carbonyl (C=O) groups is 2. The Balaban J connectivity index is 1.76. The number of amides is 1. The van der Waals surface area contributed by atoms with Crippen molar-refractivity contribution < 1.29 is 14.3 Å². The van der Waals surface area contributed by atoms with Crippen molar-refractivity contribution in [2.24, 2.45) is 0 Å². The van der Waals surface area contributed by atoms with Gasteiger partial charge in [0.2, 0.25) is 0 Å². The number of anilines is 1. The first kappa shape index (κ1) is 16.2. The molecule has 4 nitrogen and oxygen atoms in total. The maximum absolute atomic E-state index is 12.8. The molecular formula is C20H21NO3. The van der Waals surface area contributed by atoms with Gasteiger partial charge in [-0.3, -0.25) is 4.79 Å². The van der Waals surface area contributed by atoms with Gasteiger partial charge in [-0.2, -0.15) is 0 Å². The SMILES string of the molecule is Cc1ccccc1C(=O)O[C@H](C)C(=O)N1c2ccccc2C[C@@H]1C. The van der Waals surface area contributed by atoms with Crippen molar-refractivity contribution >= 4 is 17.6 Å². The Kier molecular flexibility index (Phi) is 4.38. The summed E-state index contributed by atoms with van der Waals surface area (Å²) in [6, 6.07) is 15.1. The van der Waals surface area contributed by atoms with Crippen LogP contribution in [0.3, 0.4) is 0 Å². The van der Waals surface area contributed by atoms with Crippen LogP contribution in [-0.4, -0.2) is 24.0 Å². The Morgan fingerprint density at radius 2 is 1.79 bits per heavy atom. The third kappa shape index (κ3) is 2.92. The minimum atomic E-state index is -0.828. The predicted octanol–water partition coefficient (Wildman–Crippen LogP) is 3.52. The quantitative estimate of drug-likeness (QED) is 0.812. The van der Waals surface area contributed by atoms with E-state index in [0.29, 0.717) is 5.56 Å². The molecule has 0 fully saturated rings. The van der Waals surface area contributed by atoms with Crippen LogP contribution in [-0.2, 0) is 16.0 Å². The molecule has 1 aliphatic rings. The van der Waals surface area contributed by atoms with Crippen LogP contribution in [0.2, 0.25) is 0 Å². The van der Waals surface area contributed by atoms with Crippen molar-refractivity contribution in [1.82, 2.24) is 0 Å². The van der Waals surface area contributed by atoms with E-state index in [9.17, 15) is 9.59 Å². The molecule has 0 aliphatic carbocycles. The molecule has 2 atom stereocenters. The lowest BCUT2D eigenvalue weighted by Crippen LogP contribution is -2.43. The molecular weight excluding hydrogens is 302 g/mol. The summed E-state index contributed by atoms with van der Waals surface area (Å²) in [5, 5.41) is 0. The molecule has 1 aliphatic heterocycles. The van der Waals surface area contributed by atoms with E-state index in [1.807, 2.05) is 50.2 Å². The van der Waals surface area contributed by atoms with Crippen LogP contribution >= 0.6 is 0 Å². The van der Waals surface area contributed by atoms with E-state index in [1.54, 1.807) is 24.0 Å². The summed E-state index contributed by atoms with van der Waals surface area (Å²) in [5.41, 5.74) is 3.39. The average molecular weight is 323 g/mol. The van der Waals surface area contributed by atoms with Gasteiger partial charge in [0.25, 0.3) is 5.91 Å². The number of esters is 1. The predicted molar refractivity (Wildman–Crippen MR) is 93.2 cm³/mol. The summed E-state index contributed by atoms with van der Waals surface area (Å²) in [7, 11) is 0. The van der Waals surface area contributed by atoms with Crippen LogP contribution in [0.5, 0.6) is 0 Å². The number of carbonyl (C=O) groups excluding carboxylic acids is 2. The summed E-state index contributed by atoms with van der Waals surface area (Å²) in [5.74, 6) is -0.650. The van der Waals surface area contributed by atoms with E-state index in [1.165, 1.54) is 0 Å². The molecule has 1 heterocycles. The van der Waals surface area contributed by atoms with Gasteiger partial charge >= 0.3 is 5.97 Å². The largest absolute Gasteiger partial charge is 0.449 e. The Bertz CT molecular complexity index is 784. The summed E-state index contributed by atoms with van der Waals surface area (Å²) in [4.78, 5) is 26.9. The van der Waals surface area contributed by atoms with E-state index in [2.05, 4.69) is 0 Å². The van der Waals surface area contributed by atoms with Gasteiger partial charge in [-0.15, -0.1) is 0 Å². The molecule has 0 aromatic heterocycles. The standard InChI is InChI=1S/C20H21NO3/c1-13-8-4-6-10-17(13)20(23)24-15(3)19(22)21-14(2)12-16-9-5-7-11-18(16)21/h4-11,14-15H,12H2,1-3H3/t14-,15+/m0/s1. The zero-order valence-electron chi connectivity index (χ0n) is 14.2. The van der Waals surface area contributed by atoms with Gasteiger partial charge in [0.05, 0.1) is 5.56 Å². The number of hydrogen-bond acceptors (Lipinski definition) is 3. The van der Waals surface area contributed by atoms with Gasteiger partial charge in [0, 0.05) is 11.7 Å². The highest BCUT2D eigenvalue weighted by Gasteiger charge is 2.34. The molecule has 4 heteroatoms. The van der Waals surface area contributed by atoms with Crippen LogP contribution in [0.25, 0.3) is 0 Å². The van der Waals surface area contributed by atoms with Gasteiger partial charge in [0.1, 0.15) is 0 Å². The minimum absolute atomic E-state index is 0.0644. The summed E-state index contributed by atoms with van der Waals surface area (Å²) in [6.07, 6.45) is -0.00823. The third-order valence-corrected chi connectivity index (χ3v) is 4.44. The first-order chi connectivity index (χ1) is 11.5. The molecule has 24 heavy (non-hydrogen) atoms. The number of rotatable bonds is 3. The second kappa shape index (κ2) is 6.48. The Morgan fingerprint density at radius 3 is 2.54 bits per heavy atom. The summed E-state index contributed by atoms with van der Waals surface area (Å²) in [6.45, 7) is 5.49.